The van der Waals surface area contributed by atoms with Crippen LogP contribution in [0.3, 0.4) is 0 Å². The SMILES string of the molecule is O=C(N[C@H]1CCCCC/C=C\[C@@H]2C[C@@]2(C(=O)NS(=O)(=O)C2CC2)NC(=O)[C@@H]2C[C@@H](Oc3cc(-c4ccccc4)nc4c3oc3cc(C(F)(F)F)ccc34)CN2C1=O)OC1CCCC1. The number of alkyl carbamates (subject to hydrolysis) is 1. The van der Waals surface area contributed by atoms with Gasteiger partial charge in [-0.15, -0.1) is 0 Å². The highest BCUT2D eigenvalue weighted by Gasteiger charge is 2.62. The molecule has 3 saturated carbocycles. The first kappa shape index (κ1) is 42.6. The summed E-state index contributed by atoms with van der Waals surface area (Å²) in [7, 11) is -3.97. The molecule has 3 N–H and O–H groups in total. The molecule has 9 rings (SSSR count). The smallest absolute Gasteiger partial charge is 0.416 e. The van der Waals surface area contributed by atoms with Gasteiger partial charge in [-0.05, 0) is 82.4 Å². The maximum absolute atomic E-state index is 14.8. The van der Waals surface area contributed by atoms with Gasteiger partial charge in [0.05, 0.1) is 23.1 Å². The molecular formula is C45H48F3N5O9S. The van der Waals surface area contributed by atoms with Crippen LogP contribution in [0.25, 0.3) is 33.3 Å². The maximum Gasteiger partial charge on any atom is 0.416 e. The van der Waals surface area contributed by atoms with Crippen molar-refractivity contribution < 1.29 is 54.7 Å². The number of nitrogens with zero attached hydrogens (tertiary/aromatic N) is 2. The van der Waals surface area contributed by atoms with E-state index in [1.54, 1.807) is 18.2 Å². The summed E-state index contributed by atoms with van der Waals surface area (Å²) in [5, 5.41) is 5.24. The van der Waals surface area contributed by atoms with Gasteiger partial charge in [-0.25, -0.2) is 18.2 Å². The summed E-state index contributed by atoms with van der Waals surface area (Å²) >= 11 is 0. The Hall–Kier alpha value is -5.65. The molecule has 2 aromatic heterocycles. The summed E-state index contributed by atoms with van der Waals surface area (Å²) in [6, 6.07) is 11.4. The zero-order valence-corrected chi connectivity index (χ0v) is 35.1. The number of alkyl halides is 3. The van der Waals surface area contributed by atoms with Crippen LogP contribution >= 0.6 is 0 Å². The molecule has 2 aromatic carbocycles. The number of carbonyl (C=O) groups excluding carboxylic acids is 4. The minimum atomic E-state index is -4.64. The summed E-state index contributed by atoms with van der Waals surface area (Å²) in [4.78, 5) is 62.6. The van der Waals surface area contributed by atoms with E-state index in [1.165, 1.54) is 11.0 Å². The third-order valence-electron chi connectivity index (χ3n) is 12.8. The van der Waals surface area contributed by atoms with Gasteiger partial charge in [0, 0.05) is 29.4 Å². The number of amides is 4. The fourth-order valence-electron chi connectivity index (χ4n) is 9.08. The van der Waals surface area contributed by atoms with E-state index in [1.807, 2.05) is 30.4 Å². The highest BCUT2D eigenvalue weighted by Crippen LogP contribution is 2.46. The van der Waals surface area contributed by atoms with Crippen molar-refractivity contribution in [1.82, 2.24) is 25.2 Å². The molecule has 5 aliphatic rings. The zero-order valence-electron chi connectivity index (χ0n) is 34.3. The van der Waals surface area contributed by atoms with Gasteiger partial charge in [-0.3, -0.25) is 19.1 Å². The van der Waals surface area contributed by atoms with Crippen LogP contribution in [0.5, 0.6) is 5.75 Å². The Morgan fingerprint density at radius 2 is 1.70 bits per heavy atom. The molecule has 4 aromatic rings. The quantitative estimate of drug-likeness (QED) is 0.155. The minimum Gasteiger partial charge on any atom is -0.484 e. The zero-order chi connectivity index (χ0) is 44.1. The Bertz CT molecular complexity index is 2570. The van der Waals surface area contributed by atoms with Crippen LogP contribution in [0, 0.1) is 5.92 Å². The molecule has 5 atom stereocenters. The number of aromatic nitrogens is 1. The summed E-state index contributed by atoms with van der Waals surface area (Å²) in [5.74, 6) is -2.56. The van der Waals surface area contributed by atoms with Crippen molar-refractivity contribution >= 4 is 55.9 Å². The third-order valence-corrected chi connectivity index (χ3v) is 14.6. The monoisotopic (exact) mass is 891 g/mol. The van der Waals surface area contributed by atoms with Gasteiger partial charge in [0.15, 0.2) is 11.3 Å². The largest absolute Gasteiger partial charge is 0.484 e. The lowest BCUT2D eigenvalue weighted by Gasteiger charge is -2.30. The predicted octanol–water partition coefficient (Wildman–Crippen LogP) is 7.06. The standard InChI is InChI=1S/C45H48F3N5O9S/c46-45(47,48)27-17-20-32-36(21-27)62-39-37(23-34(49-38(32)39)26-11-5-4-6-12-26)60-30-22-35-40(54)51-44(42(56)52-63(58,59)31-18-19-31)24-28(44)13-7-2-1-3-8-16-33(41(55)53(35)25-30)50-43(57)61-29-14-9-10-15-29/h4-7,11-13,17,20-21,23,28-31,33,35H,1-3,8-10,14-16,18-19,22,24-25H2,(H,50,57)(H,51,54)(H,52,56)/b13-7-/t28-,30-,33+,35+,44-/m1/s1. The molecule has 0 spiro atoms. The van der Waals surface area contributed by atoms with E-state index in [9.17, 15) is 40.8 Å². The second-order valence-corrected chi connectivity index (χ2v) is 19.3. The van der Waals surface area contributed by atoms with Crippen LogP contribution in [0.2, 0.25) is 0 Å². The number of carbonyl (C=O) groups is 4. The topological polar surface area (TPSA) is 186 Å². The van der Waals surface area contributed by atoms with Gasteiger partial charge in [-0.1, -0.05) is 55.3 Å². The van der Waals surface area contributed by atoms with E-state index in [-0.39, 0.29) is 54.3 Å². The molecule has 63 heavy (non-hydrogen) atoms. The Labute approximate surface area is 361 Å². The predicted molar refractivity (Wildman–Crippen MR) is 223 cm³/mol. The Morgan fingerprint density at radius 3 is 2.44 bits per heavy atom. The molecule has 334 valence electrons. The lowest BCUT2D eigenvalue weighted by atomic mass is 10.0. The van der Waals surface area contributed by atoms with Crippen LogP contribution in [0.1, 0.15) is 89.0 Å². The third kappa shape index (κ3) is 8.95. The van der Waals surface area contributed by atoms with E-state index in [4.69, 9.17) is 18.9 Å². The lowest BCUT2D eigenvalue weighted by Crippen LogP contribution is -2.58. The number of furan rings is 1. The molecule has 4 fully saturated rings. The number of hydrogen-bond acceptors (Lipinski definition) is 10. The molecule has 4 heterocycles. The molecule has 14 nitrogen and oxygen atoms in total. The number of hydrogen-bond donors (Lipinski definition) is 3. The number of fused-ring (bicyclic) bond motifs is 5. The Kier molecular flexibility index (Phi) is 11.4. The van der Waals surface area contributed by atoms with E-state index >= 15 is 0 Å². The average Bonchev–Trinajstić information content (AvgIpc) is 4.06. The van der Waals surface area contributed by atoms with Gasteiger partial charge in [0.2, 0.25) is 21.8 Å². The van der Waals surface area contributed by atoms with E-state index in [0.717, 1.165) is 31.4 Å². The average molecular weight is 892 g/mol. The highest BCUT2D eigenvalue weighted by molar-refractivity contribution is 7.91. The van der Waals surface area contributed by atoms with Gasteiger partial charge in [0.1, 0.15) is 40.9 Å². The first-order valence-electron chi connectivity index (χ1n) is 21.7. The lowest BCUT2D eigenvalue weighted by molar-refractivity contribution is -0.141. The number of pyridine rings is 1. The second kappa shape index (κ2) is 16.8. The second-order valence-electron chi connectivity index (χ2n) is 17.4. The molecule has 0 unspecified atom stereocenters. The van der Waals surface area contributed by atoms with Crippen LogP contribution < -0.4 is 20.1 Å². The van der Waals surface area contributed by atoms with Crippen molar-refractivity contribution in [3.63, 3.8) is 0 Å². The number of allylic oxidation sites excluding steroid dienone is 1. The first-order chi connectivity index (χ1) is 30.2. The molecule has 2 aliphatic heterocycles. The van der Waals surface area contributed by atoms with Crippen LogP contribution in [0.15, 0.2) is 71.2 Å². The van der Waals surface area contributed by atoms with Crippen LogP contribution in [-0.4, -0.2) is 83.7 Å². The number of ether oxygens (including phenoxy) is 2. The molecule has 18 heteroatoms. The van der Waals surface area contributed by atoms with Crippen LogP contribution in [0.4, 0.5) is 18.0 Å². The van der Waals surface area contributed by atoms with Crippen molar-refractivity contribution in [2.75, 3.05) is 6.54 Å². The number of sulfonamides is 1. The summed E-state index contributed by atoms with van der Waals surface area (Å²) in [6.07, 6.45) is 4.22. The van der Waals surface area contributed by atoms with E-state index in [2.05, 4.69) is 15.4 Å². The van der Waals surface area contributed by atoms with Crippen molar-refractivity contribution in [2.24, 2.45) is 5.92 Å². The van der Waals surface area contributed by atoms with E-state index < -0.39 is 80.5 Å². The number of rotatable bonds is 8. The van der Waals surface area contributed by atoms with Crippen LogP contribution in [-0.2, 0) is 35.3 Å². The molecule has 3 aliphatic carbocycles. The molecule has 0 bridgehead atoms. The Morgan fingerprint density at radius 1 is 0.937 bits per heavy atom. The van der Waals surface area contributed by atoms with E-state index in [0.29, 0.717) is 61.6 Å². The highest BCUT2D eigenvalue weighted by atomic mass is 32.2. The minimum absolute atomic E-state index is 0.0542. The van der Waals surface area contributed by atoms with Gasteiger partial charge in [-0.2, -0.15) is 13.2 Å². The molecule has 4 amide bonds. The first-order valence-corrected chi connectivity index (χ1v) is 23.2. The fraction of sp³-hybridized carbons (Fsp3) is 0.489. The van der Waals surface area contributed by atoms with Crippen molar-refractivity contribution in [3.8, 4) is 17.0 Å². The molecular weight excluding hydrogens is 844 g/mol. The molecule has 1 saturated heterocycles. The van der Waals surface area contributed by atoms with Gasteiger partial charge in [0.25, 0.3) is 5.91 Å². The number of benzene rings is 2. The normalized spacial score (nSPS) is 26.6. The summed E-state index contributed by atoms with van der Waals surface area (Å²) in [6.45, 7) is -0.172. The molecule has 0 radical (unpaired) electrons. The van der Waals surface area contributed by atoms with Gasteiger partial charge >= 0.3 is 12.3 Å². The number of halogens is 3. The fourth-order valence-corrected chi connectivity index (χ4v) is 10.4. The van der Waals surface area contributed by atoms with Crippen molar-refractivity contribution in [1.29, 1.82) is 0 Å². The van der Waals surface area contributed by atoms with Crippen molar-refractivity contribution in [3.05, 3.63) is 72.3 Å². The maximum atomic E-state index is 14.8. The Balaban J connectivity index is 1.07. The van der Waals surface area contributed by atoms with Gasteiger partial charge < -0.3 is 29.4 Å². The summed E-state index contributed by atoms with van der Waals surface area (Å²) in [5.41, 5.74) is -1.19. The van der Waals surface area contributed by atoms with Crippen molar-refractivity contribution in [2.45, 2.75) is 125 Å². The summed E-state index contributed by atoms with van der Waals surface area (Å²) < 4.78 is 87.8. The number of nitrogens with one attached hydrogen (secondary N) is 3.